The zero-order chi connectivity index (χ0) is 15.9. The Morgan fingerprint density at radius 3 is 2.95 bits per heavy atom. The van der Waals surface area contributed by atoms with Crippen molar-refractivity contribution in [1.82, 2.24) is 9.55 Å². The number of pyridine rings is 2. The molecule has 3 rings (SSSR count). The first-order valence-corrected chi connectivity index (χ1v) is 7.35. The molecule has 1 aliphatic rings. The molecule has 4 nitrogen and oxygen atoms in total. The average Bonchev–Trinajstić information content (AvgIpc) is 2.46. The van der Waals surface area contributed by atoms with Gasteiger partial charge in [0.2, 0.25) is 0 Å². The summed E-state index contributed by atoms with van der Waals surface area (Å²) in [4.78, 5) is 16.3. The number of hydrogen-bond donors (Lipinski definition) is 1. The SMILES string of the molecule is CCn1c(=O)ccc2cnc(C3=C(Cl)CC(N)(F)C=C3)cc21. The molecule has 0 bridgehead atoms. The van der Waals surface area contributed by atoms with E-state index in [4.69, 9.17) is 17.3 Å². The van der Waals surface area contributed by atoms with E-state index in [-0.39, 0.29) is 12.0 Å². The van der Waals surface area contributed by atoms with Crippen molar-refractivity contribution in [3.05, 3.63) is 57.6 Å². The third-order valence-electron chi connectivity index (χ3n) is 3.71. The summed E-state index contributed by atoms with van der Waals surface area (Å²) in [6.45, 7) is 2.46. The van der Waals surface area contributed by atoms with E-state index in [9.17, 15) is 9.18 Å². The van der Waals surface area contributed by atoms with Gasteiger partial charge in [0.05, 0.1) is 11.2 Å². The van der Waals surface area contributed by atoms with Crippen molar-refractivity contribution in [3.63, 3.8) is 0 Å². The molecule has 0 radical (unpaired) electrons. The van der Waals surface area contributed by atoms with Crippen LogP contribution in [0, 0.1) is 0 Å². The Kier molecular flexibility index (Phi) is 3.62. The van der Waals surface area contributed by atoms with E-state index in [1.54, 1.807) is 22.9 Å². The number of rotatable bonds is 2. The molecular formula is C16H15ClFN3O. The van der Waals surface area contributed by atoms with Crippen molar-refractivity contribution in [2.24, 2.45) is 5.73 Å². The van der Waals surface area contributed by atoms with Gasteiger partial charge in [0.15, 0.2) is 5.79 Å². The highest BCUT2D eigenvalue weighted by atomic mass is 35.5. The van der Waals surface area contributed by atoms with Crippen LogP contribution in [0.4, 0.5) is 4.39 Å². The lowest BCUT2D eigenvalue weighted by Gasteiger charge is -2.21. The minimum absolute atomic E-state index is 0.0730. The molecule has 0 aromatic carbocycles. The molecule has 2 aromatic rings. The summed E-state index contributed by atoms with van der Waals surface area (Å²) < 4.78 is 15.4. The minimum Gasteiger partial charge on any atom is -0.308 e. The average molecular weight is 320 g/mol. The predicted octanol–water partition coefficient (Wildman–Crippen LogP) is 2.95. The molecule has 2 aromatic heterocycles. The number of hydrogen-bond acceptors (Lipinski definition) is 3. The van der Waals surface area contributed by atoms with Gasteiger partial charge in [-0.05, 0) is 25.1 Å². The number of fused-ring (bicyclic) bond motifs is 1. The van der Waals surface area contributed by atoms with E-state index in [1.807, 2.05) is 6.92 Å². The molecule has 22 heavy (non-hydrogen) atoms. The molecule has 0 fully saturated rings. The van der Waals surface area contributed by atoms with Crippen LogP contribution in [-0.2, 0) is 6.54 Å². The summed E-state index contributed by atoms with van der Waals surface area (Å²) in [5.74, 6) is -1.93. The summed E-state index contributed by atoms with van der Waals surface area (Å²) in [6, 6.07) is 5.05. The van der Waals surface area contributed by atoms with Crippen molar-refractivity contribution in [2.75, 3.05) is 0 Å². The third kappa shape index (κ3) is 2.58. The van der Waals surface area contributed by atoms with Crippen LogP contribution in [0.3, 0.4) is 0 Å². The summed E-state index contributed by atoms with van der Waals surface area (Å²) in [5, 5.41) is 1.18. The summed E-state index contributed by atoms with van der Waals surface area (Å²) in [6.07, 6.45) is 4.41. The van der Waals surface area contributed by atoms with E-state index >= 15 is 0 Å². The second kappa shape index (κ2) is 5.34. The number of halogens is 2. The van der Waals surface area contributed by atoms with Gasteiger partial charge in [0, 0.05) is 41.2 Å². The molecule has 2 N–H and O–H groups in total. The Labute approximate surface area is 131 Å². The van der Waals surface area contributed by atoms with E-state index in [0.717, 1.165) is 10.9 Å². The molecule has 2 heterocycles. The highest BCUT2D eigenvalue weighted by Gasteiger charge is 2.27. The second-order valence-electron chi connectivity index (χ2n) is 5.30. The highest BCUT2D eigenvalue weighted by molar-refractivity contribution is 6.33. The van der Waals surface area contributed by atoms with Crippen molar-refractivity contribution in [3.8, 4) is 0 Å². The molecule has 114 valence electrons. The van der Waals surface area contributed by atoms with Crippen LogP contribution in [0.25, 0.3) is 16.5 Å². The quantitative estimate of drug-likeness (QED) is 0.866. The Morgan fingerprint density at radius 1 is 1.50 bits per heavy atom. The molecular weight excluding hydrogens is 305 g/mol. The standard InChI is InChI=1S/C16H15ClFN3O/c1-2-21-14-7-13(20-9-10(14)3-4-15(21)22)11-5-6-16(18,19)8-12(11)17/h3-7,9H,2,8,19H2,1H3. The first kappa shape index (κ1) is 14.9. The zero-order valence-corrected chi connectivity index (χ0v) is 12.8. The number of aryl methyl sites for hydroxylation is 1. The maximum atomic E-state index is 13.7. The molecule has 0 saturated carbocycles. The molecule has 1 aliphatic carbocycles. The number of nitrogens with two attached hydrogens (primary N) is 1. The van der Waals surface area contributed by atoms with Gasteiger partial charge < -0.3 is 4.57 Å². The number of alkyl halides is 1. The van der Waals surface area contributed by atoms with Crippen LogP contribution < -0.4 is 11.3 Å². The van der Waals surface area contributed by atoms with Crippen molar-refractivity contribution < 1.29 is 4.39 Å². The molecule has 0 spiro atoms. The number of allylic oxidation sites excluding steroid dienone is 2. The van der Waals surface area contributed by atoms with E-state index < -0.39 is 5.79 Å². The molecule has 0 aliphatic heterocycles. The fraction of sp³-hybridized carbons (Fsp3) is 0.250. The van der Waals surface area contributed by atoms with Gasteiger partial charge in [-0.3, -0.25) is 15.5 Å². The van der Waals surface area contributed by atoms with E-state index in [2.05, 4.69) is 4.98 Å². The third-order valence-corrected chi connectivity index (χ3v) is 4.05. The Hall–Kier alpha value is -1.98. The first-order chi connectivity index (χ1) is 10.4. The molecule has 1 atom stereocenters. The van der Waals surface area contributed by atoms with E-state index in [0.29, 0.717) is 22.8 Å². The monoisotopic (exact) mass is 319 g/mol. The fourth-order valence-electron chi connectivity index (χ4n) is 2.59. The topological polar surface area (TPSA) is 60.9 Å². The van der Waals surface area contributed by atoms with Gasteiger partial charge in [-0.15, -0.1) is 0 Å². The molecule has 0 amide bonds. The molecule has 6 heteroatoms. The van der Waals surface area contributed by atoms with E-state index in [1.165, 1.54) is 18.2 Å². The van der Waals surface area contributed by atoms with Gasteiger partial charge in [-0.1, -0.05) is 17.7 Å². The lowest BCUT2D eigenvalue weighted by Crippen LogP contribution is -2.33. The van der Waals surface area contributed by atoms with Crippen LogP contribution in [0.2, 0.25) is 0 Å². The Balaban J connectivity index is 2.18. The van der Waals surface area contributed by atoms with Crippen LogP contribution in [0.15, 0.2) is 46.4 Å². The Morgan fingerprint density at radius 2 is 2.27 bits per heavy atom. The number of nitrogens with zero attached hydrogens (tertiary/aromatic N) is 2. The minimum atomic E-state index is -1.93. The fourth-order valence-corrected chi connectivity index (χ4v) is 2.95. The predicted molar refractivity (Wildman–Crippen MR) is 86.2 cm³/mol. The van der Waals surface area contributed by atoms with Crippen LogP contribution in [-0.4, -0.2) is 15.3 Å². The summed E-state index contributed by atoms with van der Waals surface area (Å²) in [7, 11) is 0. The summed E-state index contributed by atoms with van der Waals surface area (Å²) >= 11 is 6.16. The number of aromatic nitrogens is 2. The molecule has 1 unspecified atom stereocenters. The second-order valence-corrected chi connectivity index (χ2v) is 5.76. The van der Waals surface area contributed by atoms with Gasteiger partial charge >= 0.3 is 0 Å². The first-order valence-electron chi connectivity index (χ1n) is 6.97. The van der Waals surface area contributed by atoms with Crippen LogP contribution in [0.5, 0.6) is 0 Å². The highest BCUT2D eigenvalue weighted by Crippen LogP contribution is 2.34. The van der Waals surface area contributed by atoms with Gasteiger partial charge in [0.1, 0.15) is 0 Å². The van der Waals surface area contributed by atoms with Crippen LogP contribution in [0.1, 0.15) is 19.0 Å². The maximum absolute atomic E-state index is 13.7. The smallest absolute Gasteiger partial charge is 0.251 e. The summed E-state index contributed by atoms with van der Waals surface area (Å²) in [5.41, 5.74) is 7.35. The zero-order valence-electron chi connectivity index (χ0n) is 12.0. The maximum Gasteiger partial charge on any atom is 0.251 e. The lowest BCUT2D eigenvalue weighted by atomic mass is 9.98. The Bertz CT molecular complexity index is 867. The largest absolute Gasteiger partial charge is 0.308 e. The lowest BCUT2D eigenvalue weighted by molar-refractivity contribution is 0.240. The molecule has 0 saturated heterocycles. The van der Waals surface area contributed by atoms with Gasteiger partial charge in [-0.2, -0.15) is 0 Å². The van der Waals surface area contributed by atoms with Crippen molar-refractivity contribution in [2.45, 2.75) is 25.7 Å². The van der Waals surface area contributed by atoms with Crippen LogP contribution >= 0.6 is 11.6 Å². The van der Waals surface area contributed by atoms with Crippen molar-refractivity contribution >= 4 is 28.1 Å². The normalized spacial score (nSPS) is 21.6. The van der Waals surface area contributed by atoms with Gasteiger partial charge in [0.25, 0.3) is 5.56 Å². The van der Waals surface area contributed by atoms with Gasteiger partial charge in [-0.25, -0.2) is 4.39 Å². The van der Waals surface area contributed by atoms with Crippen molar-refractivity contribution in [1.29, 1.82) is 0 Å².